The summed E-state index contributed by atoms with van der Waals surface area (Å²) in [6, 6.07) is 15.3. The number of hydrogen-bond acceptors (Lipinski definition) is 3. The highest BCUT2D eigenvalue weighted by atomic mass is 16.4. The number of carbonyl (C=O) groups is 3. The number of carboxylic acids is 1. The number of carbonyl (C=O) groups excluding carboxylic acids is 1. The smallest absolute Gasteiger partial charge is 0.312 e. The largest absolute Gasteiger partial charge is 0.483 e. The Morgan fingerprint density at radius 3 is 2.40 bits per heavy atom. The highest BCUT2D eigenvalue weighted by Gasteiger charge is 2.61. The van der Waals surface area contributed by atoms with Gasteiger partial charge in [0.05, 0.1) is 5.41 Å². The van der Waals surface area contributed by atoms with Crippen LogP contribution >= 0.6 is 0 Å². The Labute approximate surface area is 176 Å². The summed E-state index contributed by atoms with van der Waals surface area (Å²) < 4.78 is 0. The lowest BCUT2D eigenvalue weighted by molar-refractivity contribution is -0.150. The molecule has 30 heavy (non-hydrogen) atoms. The first-order valence-corrected chi connectivity index (χ1v) is 10.1. The van der Waals surface area contributed by atoms with E-state index in [0.717, 1.165) is 29.5 Å². The molecule has 2 saturated heterocycles. The molecule has 0 saturated carbocycles. The molecule has 4 rings (SSSR count). The number of hydrogen-bond donors (Lipinski definition) is 2. The predicted molar refractivity (Wildman–Crippen MR) is 112 cm³/mol. The van der Waals surface area contributed by atoms with Crippen molar-refractivity contribution in [3.63, 3.8) is 0 Å². The fraction of sp³-hybridized carbons (Fsp3) is 0.375. The Bertz CT molecular complexity index is 942. The summed E-state index contributed by atoms with van der Waals surface area (Å²) in [7, 11) is 0. The van der Waals surface area contributed by atoms with Crippen molar-refractivity contribution in [1.29, 1.82) is 0 Å². The van der Waals surface area contributed by atoms with Crippen LogP contribution in [0.25, 0.3) is 0 Å². The van der Waals surface area contributed by atoms with Gasteiger partial charge in [-0.3, -0.25) is 14.4 Å². The lowest BCUT2D eigenvalue weighted by Gasteiger charge is -2.33. The number of amides is 1. The maximum atomic E-state index is 13.4. The number of carboxylic acid groups (broad SMARTS) is 2. The maximum absolute atomic E-state index is 13.4. The molecule has 2 aliphatic heterocycles. The Kier molecular flexibility index (Phi) is 6.25. The summed E-state index contributed by atoms with van der Waals surface area (Å²) in [5, 5.41) is 17.1. The van der Waals surface area contributed by atoms with Crippen LogP contribution in [0.3, 0.4) is 0 Å². The highest BCUT2D eigenvalue weighted by molar-refractivity contribution is 5.97. The molecule has 1 amide bonds. The molecule has 2 N–H and O–H groups in total. The van der Waals surface area contributed by atoms with Crippen LogP contribution in [0.2, 0.25) is 0 Å². The normalized spacial score (nSPS) is 24.1. The fourth-order valence-electron chi connectivity index (χ4n) is 5.07. The number of aryl methyl sites for hydroxylation is 1. The third-order valence-corrected chi connectivity index (χ3v) is 6.60. The van der Waals surface area contributed by atoms with Gasteiger partial charge in [0.25, 0.3) is 12.4 Å². The van der Waals surface area contributed by atoms with E-state index in [9.17, 15) is 14.7 Å². The Morgan fingerprint density at radius 1 is 1.10 bits per heavy atom. The second-order valence-corrected chi connectivity index (χ2v) is 8.14. The zero-order chi connectivity index (χ0) is 21.9. The molecule has 2 aromatic carbocycles. The summed E-state index contributed by atoms with van der Waals surface area (Å²) in [5.41, 5.74) is 2.90. The molecule has 2 bridgehead atoms. The average molecular weight is 409 g/mol. The monoisotopic (exact) mass is 409 g/mol. The maximum Gasteiger partial charge on any atom is 0.312 e. The van der Waals surface area contributed by atoms with Gasteiger partial charge in [-0.1, -0.05) is 42.5 Å². The first-order chi connectivity index (χ1) is 14.4. The quantitative estimate of drug-likeness (QED) is 0.751. The summed E-state index contributed by atoms with van der Waals surface area (Å²) in [6.45, 7) is 3.72. The molecule has 2 aliphatic rings. The van der Waals surface area contributed by atoms with Crippen LogP contribution in [-0.2, 0) is 16.0 Å². The molecule has 0 spiro atoms. The Morgan fingerprint density at radius 2 is 1.77 bits per heavy atom. The molecule has 2 fully saturated rings. The first kappa shape index (κ1) is 21.6. The molecule has 6 heteroatoms. The number of nitrogens with zero attached hydrogens (tertiary/aromatic N) is 1. The molecular weight excluding hydrogens is 382 g/mol. The van der Waals surface area contributed by atoms with E-state index in [1.165, 1.54) is 0 Å². The van der Waals surface area contributed by atoms with Gasteiger partial charge in [-0.05, 0) is 62.3 Å². The molecule has 0 aromatic heterocycles. The van der Waals surface area contributed by atoms with E-state index >= 15 is 0 Å². The van der Waals surface area contributed by atoms with E-state index in [0.29, 0.717) is 18.4 Å². The van der Waals surface area contributed by atoms with Gasteiger partial charge >= 0.3 is 5.97 Å². The van der Waals surface area contributed by atoms with Gasteiger partial charge in [-0.25, -0.2) is 0 Å². The minimum Gasteiger partial charge on any atom is -0.483 e. The Balaban J connectivity index is 0.000000806. The Hall–Kier alpha value is -3.15. The summed E-state index contributed by atoms with van der Waals surface area (Å²) in [5.74, 6) is -0.794. The van der Waals surface area contributed by atoms with E-state index in [2.05, 4.69) is 0 Å². The van der Waals surface area contributed by atoms with Crippen LogP contribution in [0.1, 0.15) is 46.3 Å². The van der Waals surface area contributed by atoms with Crippen LogP contribution < -0.4 is 0 Å². The molecule has 2 heterocycles. The van der Waals surface area contributed by atoms with E-state index < -0.39 is 11.4 Å². The van der Waals surface area contributed by atoms with Crippen molar-refractivity contribution < 1.29 is 24.6 Å². The number of rotatable bonds is 4. The van der Waals surface area contributed by atoms with E-state index in [-0.39, 0.29) is 24.5 Å². The van der Waals surface area contributed by atoms with E-state index in [1.54, 1.807) is 0 Å². The SMILES string of the molecule is Cc1cccc(C(=O)N2[C@H]3CC[C@@H]2[C@](Cc2ccccc2)(C(=O)O)C3)c1C.O=CO. The molecule has 0 aliphatic carbocycles. The van der Waals surface area contributed by atoms with Crippen LogP contribution in [0.5, 0.6) is 0 Å². The molecule has 0 radical (unpaired) electrons. The van der Waals surface area contributed by atoms with Crippen LogP contribution in [-0.4, -0.2) is 45.5 Å². The summed E-state index contributed by atoms with van der Waals surface area (Å²) in [4.78, 5) is 36.0. The standard InChI is InChI=1S/C23H25NO3.CH2O2/c1-15-7-6-10-19(16(15)2)21(25)24-18-11-12-20(24)23(14-18,22(26)27)13-17-8-4-3-5-9-17;2-1-3/h3-10,18,20H,11-14H2,1-2H3,(H,26,27);1H,(H,2,3)/t18-,20+,23+;/m0./s1. The van der Waals surface area contributed by atoms with Crippen molar-refractivity contribution in [1.82, 2.24) is 4.90 Å². The summed E-state index contributed by atoms with van der Waals surface area (Å²) in [6.07, 6.45) is 2.67. The molecule has 0 unspecified atom stereocenters. The minimum atomic E-state index is -0.891. The lowest BCUT2D eigenvalue weighted by atomic mass is 9.70. The second-order valence-electron chi connectivity index (χ2n) is 8.14. The number of aliphatic carboxylic acids is 1. The molecule has 6 nitrogen and oxygen atoms in total. The van der Waals surface area contributed by atoms with Crippen molar-refractivity contribution in [2.75, 3.05) is 0 Å². The summed E-state index contributed by atoms with van der Waals surface area (Å²) >= 11 is 0. The second kappa shape index (κ2) is 8.69. The lowest BCUT2D eigenvalue weighted by Crippen LogP contribution is -2.46. The molecule has 2 aromatic rings. The van der Waals surface area contributed by atoms with Gasteiger partial charge in [0, 0.05) is 17.6 Å². The fourth-order valence-corrected chi connectivity index (χ4v) is 5.07. The first-order valence-electron chi connectivity index (χ1n) is 10.1. The van der Waals surface area contributed by atoms with Crippen molar-refractivity contribution in [2.24, 2.45) is 5.41 Å². The topological polar surface area (TPSA) is 94.9 Å². The van der Waals surface area contributed by atoms with Crippen LogP contribution in [0.15, 0.2) is 48.5 Å². The van der Waals surface area contributed by atoms with E-state index in [4.69, 9.17) is 9.90 Å². The third-order valence-electron chi connectivity index (χ3n) is 6.60. The number of benzene rings is 2. The van der Waals surface area contributed by atoms with Gasteiger partial charge in [0.15, 0.2) is 0 Å². The average Bonchev–Trinajstić information content (AvgIpc) is 3.27. The van der Waals surface area contributed by atoms with Gasteiger partial charge in [-0.15, -0.1) is 0 Å². The van der Waals surface area contributed by atoms with Gasteiger partial charge in [0.2, 0.25) is 0 Å². The van der Waals surface area contributed by atoms with Gasteiger partial charge in [0.1, 0.15) is 0 Å². The van der Waals surface area contributed by atoms with Crippen LogP contribution in [0.4, 0.5) is 0 Å². The van der Waals surface area contributed by atoms with Crippen molar-refractivity contribution >= 4 is 18.3 Å². The van der Waals surface area contributed by atoms with Crippen molar-refractivity contribution in [3.8, 4) is 0 Å². The molecule has 3 atom stereocenters. The van der Waals surface area contributed by atoms with Crippen LogP contribution in [0, 0.1) is 19.3 Å². The van der Waals surface area contributed by atoms with Gasteiger partial charge < -0.3 is 15.1 Å². The van der Waals surface area contributed by atoms with Crippen molar-refractivity contribution in [2.45, 2.75) is 51.6 Å². The highest BCUT2D eigenvalue weighted by Crippen LogP contribution is 2.52. The minimum absolute atomic E-state index is 0.0140. The van der Waals surface area contributed by atoms with Crippen molar-refractivity contribution in [3.05, 3.63) is 70.8 Å². The number of fused-ring (bicyclic) bond motifs is 2. The third kappa shape index (κ3) is 3.70. The predicted octanol–water partition coefficient (Wildman–Crippen LogP) is 3.69. The van der Waals surface area contributed by atoms with Gasteiger partial charge in [-0.2, -0.15) is 0 Å². The molecule has 158 valence electrons. The van der Waals surface area contributed by atoms with E-state index in [1.807, 2.05) is 67.3 Å². The molecular formula is C24H27NO5. The zero-order valence-corrected chi connectivity index (χ0v) is 17.2. The zero-order valence-electron chi connectivity index (χ0n) is 17.2.